The van der Waals surface area contributed by atoms with E-state index in [0.717, 1.165) is 30.1 Å². The first kappa shape index (κ1) is 21.6. The highest BCUT2D eigenvalue weighted by Crippen LogP contribution is 2.35. The van der Waals surface area contributed by atoms with Gasteiger partial charge in [-0.25, -0.2) is 4.79 Å². The summed E-state index contributed by atoms with van der Waals surface area (Å²) in [5.74, 6) is 0.755. The Hall–Kier alpha value is -3.67. The largest absolute Gasteiger partial charge is 0.497 e. The number of hydrogen-bond donors (Lipinski definition) is 2. The van der Waals surface area contributed by atoms with Crippen molar-refractivity contribution in [2.45, 2.75) is 12.5 Å². The van der Waals surface area contributed by atoms with Gasteiger partial charge in [-0.1, -0.05) is 30.3 Å². The van der Waals surface area contributed by atoms with Crippen molar-refractivity contribution in [2.75, 3.05) is 49.4 Å². The molecule has 4 rings (SSSR count). The van der Waals surface area contributed by atoms with Gasteiger partial charge < -0.3 is 25.2 Å². The van der Waals surface area contributed by atoms with Crippen LogP contribution in [-0.2, 0) is 6.42 Å². The number of nitrogens with zero attached hydrogens (tertiary/aromatic N) is 2. The third kappa shape index (κ3) is 4.80. The Morgan fingerprint density at radius 2 is 1.75 bits per heavy atom. The summed E-state index contributed by atoms with van der Waals surface area (Å²) in [6.45, 7) is 1.43. The van der Waals surface area contributed by atoms with E-state index in [4.69, 9.17) is 4.74 Å². The van der Waals surface area contributed by atoms with Gasteiger partial charge in [-0.3, -0.25) is 0 Å². The first-order chi connectivity index (χ1) is 15.5. The zero-order valence-corrected chi connectivity index (χ0v) is 18.8. The average Bonchev–Trinajstić information content (AvgIpc) is 3.24. The van der Waals surface area contributed by atoms with Crippen LogP contribution in [0.4, 0.5) is 21.9 Å². The number of hydrogen-bond acceptors (Lipinski definition) is 4. The lowest BCUT2D eigenvalue weighted by Crippen LogP contribution is -2.39. The lowest BCUT2D eigenvalue weighted by molar-refractivity contribution is 0.251. The Bertz CT molecular complexity index is 1050. The molecule has 1 aliphatic heterocycles. The zero-order valence-electron chi connectivity index (χ0n) is 18.8. The first-order valence-electron chi connectivity index (χ1n) is 10.9. The van der Waals surface area contributed by atoms with E-state index in [-0.39, 0.29) is 12.1 Å². The molecule has 0 aromatic heterocycles. The van der Waals surface area contributed by atoms with Crippen molar-refractivity contribution in [3.8, 4) is 5.75 Å². The second-order valence-corrected chi connectivity index (χ2v) is 8.14. The Morgan fingerprint density at radius 1 is 1.03 bits per heavy atom. The molecular formula is C26H30N4O2. The molecule has 0 bridgehead atoms. The van der Waals surface area contributed by atoms with E-state index in [0.29, 0.717) is 6.54 Å². The molecule has 0 unspecified atom stereocenters. The van der Waals surface area contributed by atoms with Gasteiger partial charge in [0.15, 0.2) is 0 Å². The molecule has 3 aromatic carbocycles. The van der Waals surface area contributed by atoms with Gasteiger partial charge in [0.25, 0.3) is 0 Å². The monoisotopic (exact) mass is 430 g/mol. The summed E-state index contributed by atoms with van der Waals surface area (Å²) < 4.78 is 5.17. The molecule has 6 heteroatoms. The van der Waals surface area contributed by atoms with E-state index in [1.165, 1.54) is 16.8 Å². The molecule has 2 N–H and O–H groups in total. The highest BCUT2D eigenvalue weighted by Gasteiger charge is 2.27. The van der Waals surface area contributed by atoms with E-state index in [2.05, 4.69) is 69.0 Å². The van der Waals surface area contributed by atoms with Crippen LogP contribution in [0, 0.1) is 0 Å². The van der Waals surface area contributed by atoms with Crippen molar-refractivity contribution < 1.29 is 9.53 Å². The van der Waals surface area contributed by atoms with Crippen molar-refractivity contribution in [3.05, 3.63) is 83.9 Å². The number of urea groups is 1. The number of para-hydroxylation sites is 1. The van der Waals surface area contributed by atoms with Gasteiger partial charge in [0.05, 0.1) is 13.2 Å². The molecule has 166 valence electrons. The summed E-state index contributed by atoms with van der Waals surface area (Å²) in [5, 5.41) is 5.97. The predicted molar refractivity (Wildman–Crippen MR) is 131 cm³/mol. The van der Waals surface area contributed by atoms with Crippen molar-refractivity contribution in [1.29, 1.82) is 0 Å². The van der Waals surface area contributed by atoms with Crippen LogP contribution in [-0.4, -0.2) is 40.3 Å². The van der Waals surface area contributed by atoms with E-state index < -0.39 is 0 Å². The summed E-state index contributed by atoms with van der Waals surface area (Å²) in [5.41, 5.74) is 5.65. The van der Waals surface area contributed by atoms with Crippen molar-refractivity contribution in [1.82, 2.24) is 5.32 Å². The normalized spacial score (nSPS) is 13.3. The zero-order chi connectivity index (χ0) is 22.5. The number of amides is 2. The van der Waals surface area contributed by atoms with Gasteiger partial charge in [0, 0.05) is 44.2 Å². The second-order valence-electron chi connectivity index (χ2n) is 8.14. The van der Waals surface area contributed by atoms with Gasteiger partial charge in [0.1, 0.15) is 5.75 Å². The van der Waals surface area contributed by atoms with Crippen LogP contribution >= 0.6 is 0 Å². The third-order valence-corrected chi connectivity index (χ3v) is 5.90. The number of carbonyl (C=O) groups excluding carboxylic acids is 1. The van der Waals surface area contributed by atoms with Crippen LogP contribution in [0.3, 0.4) is 0 Å². The first-order valence-corrected chi connectivity index (χ1v) is 10.9. The number of ether oxygens (including phenoxy) is 1. The number of benzene rings is 3. The SMILES string of the molecule is COc1ccc(NC(=O)NC[C@@H](c2ccc(N(C)C)cc2)N2CCc3ccccc32)cc1. The van der Waals surface area contributed by atoms with Gasteiger partial charge in [0.2, 0.25) is 0 Å². The maximum atomic E-state index is 12.6. The molecule has 1 aliphatic rings. The Labute approximate surface area is 189 Å². The predicted octanol–water partition coefficient (Wildman–Crippen LogP) is 4.69. The molecule has 3 aromatic rings. The minimum atomic E-state index is -0.224. The molecule has 0 aliphatic carbocycles. The summed E-state index contributed by atoms with van der Waals surface area (Å²) >= 11 is 0. The summed E-state index contributed by atoms with van der Waals surface area (Å²) in [7, 11) is 5.69. The van der Waals surface area contributed by atoms with Crippen LogP contribution in [0.15, 0.2) is 72.8 Å². The number of methoxy groups -OCH3 is 1. The van der Waals surface area contributed by atoms with Gasteiger partial charge in [-0.05, 0) is 60.0 Å². The molecule has 0 fully saturated rings. The fourth-order valence-electron chi connectivity index (χ4n) is 4.13. The van der Waals surface area contributed by atoms with Crippen LogP contribution in [0.25, 0.3) is 0 Å². The van der Waals surface area contributed by atoms with Crippen LogP contribution in [0.1, 0.15) is 17.2 Å². The molecule has 0 radical (unpaired) electrons. The fraction of sp³-hybridized carbons (Fsp3) is 0.269. The maximum Gasteiger partial charge on any atom is 0.319 e. The quantitative estimate of drug-likeness (QED) is 0.571. The van der Waals surface area contributed by atoms with Crippen LogP contribution < -0.4 is 25.2 Å². The highest BCUT2D eigenvalue weighted by atomic mass is 16.5. The summed E-state index contributed by atoms with van der Waals surface area (Å²) in [4.78, 5) is 17.1. The third-order valence-electron chi connectivity index (χ3n) is 5.90. The number of anilines is 3. The van der Waals surface area contributed by atoms with Gasteiger partial charge in [-0.15, -0.1) is 0 Å². The fourth-order valence-corrected chi connectivity index (χ4v) is 4.13. The maximum absolute atomic E-state index is 12.6. The molecular weight excluding hydrogens is 400 g/mol. The Kier molecular flexibility index (Phi) is 6.50. The molecule has 0 saturated carbocycles. The van der Waals surface area contributed by atoms with E-state index >= 15 is 0 Å². The number of nitrogens with one attached hydrogen (secondary N) is 2. The topological polar surface area (TPSA) is 56.8 Å². The van der Waals surface area contributed by atoms with Crippen molar-refractivity contribution in [2.24, 2.45) is 0 Å². The highest BCUT2D eigenvalue weighted by molar-refractivity contribution is 5.89. The number of rotatable bonds is 7. The summed E-state index contributed by atoms with van der Waals surface area (Å²) in [6, 6.07) is 24.2. The van der Waals surface area contributed by atoms with Gasteiger partial charge >= 0.3 is 6.03 Å². The molecule has 1 heterocycles. The van der Waals surface area contributed by atoms with E-state index in [9.17, 15) is 4.79 Å². The minimum Gasteiger partial charge on any atom is -0.497 e. The second kappa shape index (κ2) is 9.64. The minimum absolute atomic E-state index is 0.0384. The van der Waals surface area contributed by atoms with Crippen molar-refractivity contribution >= 4 is 23.1 Å². The lowest BCUT2D eigenvalue weighted by Gasteiger charge is -2.31. The standard InChI is InChI=1S/C26H30N4O2/c1-29(2)22-12-8-20(9-13-22)25(30-17-16-19-6-4-5-7-24(19)30)18-27-26(31)28-21-10-14-23(32-3)15-11-21/h4-15,25H,16-18H2,1-3H3,(H2,27,28,31)/t25-/m0/s1. The molecule has 0 spiro atoms. The Balaban J connectivity index is 1.51. The molecule has 0 saturated heterocycles. The average molecular weight is 431 g/mol. The van der Waals surface area contributed by atoms with E-state index in [1.54, 1.807) is 7.11 Å². The molecule has 32 heavy (non-hydrogen) atoms. The number of carbonyl (C=O) groups is 1. The summed E-state index contributed by atoms with van der Waals surface area (Å²) in [6.07, 6.45) is 1.01. The van der Waals surface area contributed by atoms with E-state index in [1.807, 2.05) is 38.4 Å². The van der Waals surface area contributed by atoms with Crippen molar-refractivity contribution in [3.63, 3.8) is 0 Å². The van der Waals surface area contributed by atoms with Gasteiger partial charge in [-0.2, -0.15) is 0 Å². The lowest BCUT2D eigenvalue weighted by atomic mass is 10.0. The number of fused-ring (bicyclic) bond motifs is 1. The van der Waals surface area contributed by atoms with Crippen LogP contribution in [0.5, 0.6) is 5.75 Å². The molecule has 1 atom stereocenters. The smallest absolute Gasteiger partial charge is 0.319 e. The Morgan fingerprint density at radius 3 is 2.44 bits per heavy atom. The molecule has 6 nitrogen and oxygen atoms in total. The molecule has 2 amide bonds. The van der Waals surface area contributed by atoms with Crippen LogP contribution in [0.2, 0.25) is 0 Å².